The van der Waals surface area contributed by atoms with E-state index in [2.05, 4.69) is 85.9 Å². The Bertz CT molecular complexity index is 793. The maximum Gasteiger partial charge on any atom is -1.00 e. The summed E-state index contributed by atoms with van der Waals surface area (Å²) < 4.78 is 6.70. The van der Waals surface area contributed by atoms with Gasteiger partial charge in [-0.25, -0.2) is 0 Å². The van der Waals surface area contributed by atoms with Gasteiger partial charge in [0, 0.05) is 0 Å². The molecule has 0 amide bonds. The van der Waals surface area contributed by atoms with Crippen LogP contribution in [0, 0.1) is 0 Å². The van der Waals surface area contributed by atoms with E-state index < -0.39 is 22.3 Å². The Morgan fingerprint density at radius 1 is 0.840 bits per heavy atom. The van der Waals surface area contributed by atoms with Crippen LogP contribution in [0.25, 0.3) is 12.2 Å². The number of benzene rings is 2. The number of rotatable bonds is 4. The molecule has 25 heavy (non-hydrogen) atoms. The van der Waals surface area contributed by atoms with Gasteiger partial charge in [0.2, 0.25) is 0 Å². The third kappa shape index (κ3) is 3.85. The van der Waals surface area contributed by atoms with Gasteiger partial charge in [-0.1, -0.05) is 0 Å². The standard InChI is InChI=1S/C19H15O.C2H6Si.ClH.Zr/c20-19(17-11-9-13-5-1-3-7-15(13)17)18-12-10-14-6-2-4-8-16(14)18;1-3-2;;/h1-12,17-19H;1-2H3;1H;/q-1;;;+2/p-1. The molecule has 2 aliphatic rings. The molecule has 126 valence electrons. The van der Waals surface area contributed by atoms with Crippen LogP contribution in [0.2, 0.25) is 13.1 Å². The molecule has 2 unspecified atom stereocenters. The average molecular weight is 444 g/mol. The van der Waals surface area contributed by atoms with Crippen LogP contribution < -0.4 is 12.4 Å². The molecule has 2 aliphatic carbocycles. The molecule has 2 atom stereocenters. The van der Waals surface area contributed by atoms with Crippen molar-refractivity contribution in [1.29, 1.82) is 0 Å². The Balaban J connectivity index is 0.00000182. The third-order valence-corrected chi connectivity index (χ3v) is 9.86. The minimum atomic E-state index is -0.733. The first-order chi connectivity index (χ1) is 11.7. The van der Waals surface area contributed by atoms with E-state index in [0.717, 1.165) is 0 Å². The van der Waals surface area contributed by atoms with Crippen molar-refractivity contribution in [1.82, 2.24) is 0 Å². The molecule has 2 aromatic carbocycles. The summed E-state index contributed by atoms with van der Waals surface area (Å²) in [6.45, 7) is 4.79. The fourth-order valence-electron chi connectivity index (χ4n) is 3.68. The van der Waals surface area contributed by atoms with Gasteiger partial charge in [0.15, 0.2) is 0 Å². The first-order valence-corrected chi connectivity index (χ1v) is 15.7. The molecular formula is C21H21ClOSiZr. The van der Waals surface area contributed by atoms with Gasteiger partial charge in [0.25, 0.3) is 0 Å². The van der Waals surface area contributed by atoms with Crippen molar-refractivity contribution in [2.45, 2.75) is 31.0 Å². The van der Waals surface area contributed by atoms with Crippen LogP contribution in [0.15, 0.2) is 60.7 Å². The van der Waals surface area contributed by atoms with Crippen LogP contribution in [-0.2, 0) is 25.1 Å². The largest absolute Gasteiger partial charge is 1.00 e. The van der Waals surface area contributed by atoms with E-state index in [-0.39, 0.29) is 23.9 Å². The molecule has 0 aliphatic heterocycles. The third-order valence-electron chi connectivity index (χ3n) is 4.78. The molecule has 4 heteroatoms. The minimum absolute atomic E-state index is 0. The van der Waals surface area contributed by atoms with Crippen LogP contribution in [0.3, 0.4) is 0 Å². The van der Waals surface area contributed by atoms with E-state index >= 15 is 0 Å². The van der Waals surface area contributed by atoms with Gasteiger partial charge < -0.3 is 12.4 Å². The Morgan fingerprint density at radius 3 is 1.80 bits per heavy atom. The summed E-state index contributed by atoms with van der Waals surface area (Å²) in [5, 5.41) is 0. The van der Waals surface area contributed by atoms with Crippen LogP contribution in [-0.4, -0.2) is 11.5 Å². The molecule has 0 saturated carbocycles. The second kappa shape index (κ2) is 8.31. The molecule has 0 bridgehead atoms. The van der Waals surface area contributed by atoms with Crippen molar-refractivity contribution in [3.8, 4) is 0 Å². The summed E-state index contributed by atoms with van der Waals surface area (Å²) in [6, 6.07) is 17.5. The smallest absolute Gasteiger partial charge is 1.00 e. The zero-order valence-electron chi connectivity index (χ0n) is 14.4. The molecule has 0 heterocycles. The van der Waals surface area contributed by atoms with E-state index in [1.165, 1.54) is 22.3 Å². The SMILES string of the molecule is C[Si](C)=[Zr+][O]C(C1C=Cc2ccccc21)C1C=Cc2ccccc21.[Cl-]. The van der Waals surface area contributed by atoms with E-state index in [0.29, 0.717) is 11.8 Å². The Hall–Kier alpha value is -0.730. The van der Waals surface area contributed by atoms with Crippen molar-refractivity contribution >= 4 is 17.6 Å². The second-order valence-electron chi connectivity index (χ2n) is 6.71. The Morgan fingerprint density at radius 2 is 1.32 bits per heavy atom. The van der Waals surface area contributed by atoms with Gasteiger partial charge in [-0.15, -0.1) is 0 Å². The van der Waals surface area contributed by atoms with Crippen LogP contribution in [0.1, 0.15) is 34.1 Å². The first-order valence-electron chi connectivity index (χ1n) is 8.50. The summed E-state index contributed by atoms with van der Waals surface area (Å²) in [6.07, 6.45) is 9.52. The summed E-state index contributed by atoms with van der Waals surface area (Å²) >= 11 is -0.733. The maximum atomic E-state index is 6.70. The molecule has 4 rings (SSSR count). The molecule has 0 aromatic heterocycles. The molecule has 1 nitrogen and oxygen atoms in total. The quantitative estimate of drug-likeness (QED) is 0.658. The fraction of sp³-hybridized carbons (Fsp3) is 0.238. The van der Waals surface area contributed by atoms with Gasteiger partial charge in [0.1, 0.15) is 0 Å². The number of hydrogen-bond acceptors (Lipinski definition) is 1. The van der Waals surface area contributed by atoms with Gasteiger partial charge >= 0.3 is 157 Å². The molecule has 0 spiro atoms. The minimum Gasteiger partial charge on any atom is -1.00 e. The van der Waals surface area contributed by atoms with Gasteiger partial charge in [-0.3, -0.25) is 0 Å². The van der Waals surface area contributed by atoms with E-state index in [1.54, 1.807) is 0 Å². The first kappa shape index (κ1) is 19.0. The van der Waals surface area contributed by atoms with E-state index in [1.807, 2.05) is 0 Å². The molecule has 0 fully saturated rings. The van der Waals surface area contributed by atoms with E-state index in [9.17, 15) is 0 Å². The number of fused-ring (bicyclic) bond motifs is 2. The van der Waals surface area contributed by atoms with Gasteiger partial charge in [-0.2, -0.15) is 0 Å². The van der Waals surface area contributed by atoms with Crippen molar-refractivity contribution in [2.24, 2.45) is 0 Å². The normalized spacial score (nSPS) is 20.4. The maximum absolute atomic E-state index is 6.70. The van der Waals surface area contributed by atoms with Crippen molar-refractivity contribution in [2.75, 3.05) is 0 Å². The molecule has 2 aromatic rings. The number of halogens is 1. The Kier molecular flexibility index (Phi) is 6.33. The van der Waals surface area contributed by atoms with Gasteiger partial charge in [0.05, 0.1) is 0 Å². The number of hydrogen-bond donors (Lipinski definition) is 0. The second-order valence-corrected chi connectivity index (χ2v) is 18.4. The van der Waals surface area contributed by atoms with Crippen LogP contribution in [0.4, 0.5) is 0 Å². The predicted octanol–water partition coefficient (Wildman–Crippen LogP) is 2.25. The van der Waals surface area contributed by atoms with Crippen molar-refractivity contribution in [3.05, 3.63) is 82.9 Å². The molecular weight excluding hydrogens is 423 g/mol. The Labute approximate surface area is 168 Å². The van der Waals surface area contributed by atoms with E-state index in [4.69, 9.17) is 2.81 Å². The molecule has 0 N–H and O–H groups in total. The predicted molar refractivity (Wildman–Crippen MR) is 98.8 cm³/mol. The van der Waals surface area contributed by atoms with Crippen LogP contribution in [0.5, 0.6) is 0 Å². The summed E-state index contributed by atoms with van der Waals surface area (Å²) in [5.74, 6) is 0.758. The molecule has 0 radical (unpaired) electrons. The average Bonchev–Trinajstić information content (AvgIpc) is 3.20. The summed E-state index contributed by atoms with van der Waals surface area (Å²) in [7, 11) is 0. The fourth-order valence-corrected chi connectivity index (χ4v) is 7.52. The van der Waals surface area contributed by atoms with Crippen LogP contribution >= 0.6 is 0 Å². The molecule has 0 saturated heterocycles. The monoisotopic (exact) mass is 442 g/mol. The zero-order valence-corrected chi connectivity index (χ0v) is 18.7. The van der Waals surface area contributed by atoms with Gasteiger partial charge in [-0.05, 0) is 0 Å². The summed E-state index contributed by atoms with van der Waals surface area (Å²) in [4.78, 5) is 0. The summed E-state index contributed by atoms with van der Waals surface area (Å²) in [5.41, 5.74) is 5.33. The zero-order chi connectivity index (χ0) is 16.5. The topological polar surface area (TPSA) is 9.23 Å². The van der Waals surface area contributed by atoms with Crippen molar-refractivity contribution in [3.63, 3.8) is 0 Å². The van der Waals surface area contributed by atoms with Crippen molar-refractivity contribution < 1.29 is 37.5 Å².